The van der Waals surface area contributed by atoms with Crippen molar-refractivity contribution in [1.82, 2.24) is 0 Å². The summed E-state index contributed by atoms with van der Waals surface area (Å²) < 4.78 is 0. The summed E-state index contributed by atoms with van der Waals surface area (Å²) in [5.74, 6) is 0.0474. The first-order chi connectivity index (χ1) is 13.5. The number of anilines is 2. The molecule has 0 saturated carbocycles. The average Bonchev–Trinajstić information content (AvgIpc) is 3.10. The molecule has 1 aliphatic heterocycles. The molecule has 2 aromatic carbocycles. The van der Waals surface area contributed by atoms with Gasteiger partial charge in [-0.2, -0.15) is 0 Å². The second kappa shape index (κ2) is 9.03. The molecular weight excluding hydrogens is 356 g/mol. The highest BCUT2D eigenvalue weighted by Crippen LogP contribution is 2.30. The summed E-state index contributed by atoms with van der Waals surface area (Å²) in [6, 6.07) is 15.5. The largest absolute Gasteiger partial charge is 0.384 e. The van der Waals surface area contributed by atoms with Crippen molar-refractivity contribution in [3.8, 4) is 0 Å². The summed E-state index contributed by atoms with van der Waals surface area (Å²) in [7, 11) is 0. The minimum atomic E-state index is -0.319. The van der Waals surface area contributed by atoms with Gasteiger partial charge in [0.2, 0.25) is 5.91 Å². The van der Waals surface area contributed by atoms with Crippen LogP contribution in [-0.4, -0.2) is 30.8 Å². The van der Waals surface area contributed by atoms with Crippen LogP contribution in [0.1, 0.15) is 24.5 Å². The second-order valence-electron chi connectivity index (χ2n) is 6.65. The quantitative estimate of drug-likeness (QED) is 0.438. The number of hydrogen-bond acceptors (Lipinski definition) is 4. The number of aryl methyl sites for hydroxylation is 1. The summed E-state index contributed by atoms with van der Waals surface area (Å²) in [5, 5.41) is 6.57. The Labute approximate surface area is 164 Å². The number of oxime groups is 1. The van der Waals surface area contributed by atoms with Crippen LogP contribution in [0.15, 0.2) is 53.7 Å². The van der Waals surface area contributed by atoms with Crippen LogP contribution >= 0.6 is 0 Å². The predicted molar refractivity (Wildman–Crippen MR) is 109 cm³/mol. The molecule has 3 N–H and O–H groups in total. The zero-order valence-electron chi connectivity index (χ0n) is 15.9. The highest BCUT2D eigenvalue weighted by molar-refractivity contribution is 5.95. The number of nitrogens with zero attached hydrogens (tertiary/aromatic N) is 2. The van der Waals surface area contributed by atoms with Gasteiger partial charge in [-0.05, 0) is 42.2 Å². The molecule has 0 aliphatic carbocycles. The van der Waals surface area contributed by atoms with E-state index in [9.17, 15) is 9.59 Å². The predicted octanol–water partition coefficient (Wildman–Crippen LogP) is 2.46. The maximum atomic E-state index is 12.0. The number of fused-ring (bicyclic) bond motifs is 1. The Morgan fingerprint density at radius 3 is 2.75 bits per heavy atom. The van der Waals surface area contributed by atoms with Crippen molar-refractivity contribution in [2.75, 3.05) is 23.4 Å². The Bertz CT molecular complexity index is 880. The molecule has 3 rings (SSSR count). The molecule has 0 radical (unpaired) electrons. The average molecular weight is 380 g/mol. The Balaban J connectivity index is 1.45. The Hall–Kier alpha value is -3.35. The number of amidine groups is 1. The van der Waals surface area contributed by atoms with E-state index < -0.39 is 0 Å². The van der Waals surface area contributed by atoms with Gasteiger partial charge in [-0.1, -0.05) is 35.5 Å². The lowest BCUT2D eigenvalue weighted by molar-refractivity contribution is -0.120. The summed E-state index contributed by atoms with van der Waals surface area (Å²) in [4.78, 5) is 30.4. The van der Waals surface area contributed by atoms with Crippen LogP contribution in [-0.2, 0) is 27.3 Å². The number of carbonyl (C=O) groups excluding carboxylic acids is 2. The van der Waals surface area contributed by atoms with Crippen molar-refractivity contribution in [1.29, 1.82) is 0 Å². The van der Waals surface area contributed by atoms with Crippen LogP contribution in [0.3, 0.4) is 0 Å². The third-order valence-corrected chi connectivity index (χ3v) is 4.53. The number of nitrogens with two attached hydrogens (primary N) is 1. The standard InChI is InChI=1S/C21H24N4O3/c1-15(26)25-12-11-17-13-18(8-9-19(17)25)23-21(27)14-28-24-20(22)10-7-16-5-3-2-4-6-16/h2-6,8-9,13H,7,10-12,14H2,1H3,(H2,22,24)(H,23,27). The van der Waals surface area contributed by atoms with E-state index in [4.69, 9.17) is 10.6 Å². The Morgan fingerprint density at radius 2 is 2.00 bits per heavy atom. The molecule has 0 fully saturated rings. The molecule has 1 aliphatic rings. The smallest absolute Gasteiger partial charge is 0.265 e. The molecule has 0 saturated heterocycles. The van der Waals surface area contributed by atoms with Gasteiger partial charge < -0.3 is 20.8 Å². The maximum absolute atomic E-state index is 12.0. The fraction of sp³-hybridized carbons (Fsp3) is 0.286. The van der Waals surface area contributed by atoms with Crippen LogP contribution in [0.2, 0.25) is 0 Å². The van der Waals surface area contributed by atoms with E-state index in [2.05, 4.69) is 10.5 Å². The Kier molecular flexibility index (Phi) is 6.26. The monoisotopic (exact) mass is 380 g/mol. The van der Waals surface area contributed by atoms with Gasteiger partial charge in [0.05, 0.1) is 0 Å². The number of hydrogen-bond donors (Lipinski definition) is 2. The molecule has 0 spiro atoms. The van der Waals surface area contributed by atoms with E-state index in [0.29, 0.717) is 24.5 Å². The van der Waals surface area contributed by atoms with Crippen LogP contribution in [0.5, 0.6) is 0 Å². The minimum Gasteiger partial charge on any atom is -0.384 e. The molecule has 2 amide bonds. The van der Waals surface area contributed by atoms with Crippen LogP contribution in [0.25, 0.3) is 0 Å². The molecule has 1 heterocycles. The van der Waals surface area contributed by atoms with E-state index in [0.717, 1.165) is 24.1 Å². The van der Waals surface area contributed by atoms with Gasteiger partial charge in [0.25, 0.3) is 5.91 Å². The molecule has 0 aromatic heterocycles. The fourth-order valence-electron chi connectivity index (χ4n) is 3.14. The normalized spacial score (nSPS) is 13.2. The number of rotatable bonds is 7. The van der Waals surface area contributed by atoms with Gasteiger partial charge >= 0.3 is 0 Å². The third-order valence-electron chi connectivity index (χ3n) is 4.53. The van der Waals surface area contributed by atoms with Gasteiger partial charge in [0.15, 0.2) is 6.61 Å². The maximum Gasteiger partial charge on any atom is 0.265 e. The zero-order chi connectivity index (χ0) is 19.9. The molecule has 146 valence electrons. The van der Waals surface area contributed by atoms with Gasteiger partial charge in [0.1, 0.15) is 5.84 Å². The van der Waals surface area contributed by atoms with Gasteiger partial charge in [0, 0.05) is 31.3 Å². The van der Waals surface area contributed by atoms with Crippen molar-refractivity contribution in [2.45, 2.75) is 26.2 Å². The molecule has 0 bridgehead atoms. The first-order valence-electron chi connectivity index (χ1n) is 9.22. The lowest BCUT2D eigenvalue weighted by Crippen LogP contribution is -2.25. The van der Waals surface area contributed by atoms with Crippen LogP contribution in [0, 0.1) is 0 Å². The van der Waals surface area contributed by atoms with E-state index in [-0.39, 0.29) is 18.4 Å². The highest BCUT2D eigenvalue weighted by atomic mass is 16.6. The summed E-state index contributed by atoms with van der Waals surface area (Å²) in [5.41, 5.74) is 9.59. The molecule has 7 nitrogen and oxygen atoms in total. The first kappa shape index (κ1) is 19.4. The molecule has 28 heavy (non-hydrogen) atoms. The van der Waals surface area contributed by atoms with Gasteiger partial charge in [-0.3, -0.25) is 9.59 Å². The van der Waals surface area contributed by atoms with Crippen molar-refractivity contribution in [2.24, 2.45) is 10.9 Å². The Morgan fingerprint density at radius 1 is 1.21 bits per heavy atom. The summed E-state index contributed by atoms with van der Waals surface area (Å²) >= 11 is 0. The van der Waals surface area contributed by atoms with Crippen molar-refractivity contribution >= 4 is 29.0 Å². The summed E-state index contributed by atoms with van der Waals surface area (Å²) in [6.07, 6.45) is 2.10. The molecule has 0 atom stereocenters. The number of amides is 2. The number of nitrogens with one attached hydrogen (secondary N) is 1. The van der Waals surface area contributed by atoms with E-state index in [1.165, 1.54) is 5.56 Å². The van der Waals surface area contributed by atoms with Crippen molar-refractivity contribution in [3.05, 3.63) is 59.7 Å². The molecule has 0 unspecified atom stereocenters. The van der Waals surface area contributed by atoms with Crippen LogP contribution < -0.4 is 16.0 Å². The van der Waals surface area contributed by atoms with Crippen LogP contribution in [0.4, 0.5) is 11.4 Å². The molecular formula is C21H24N4O3. The van der Waals surface area contributed by atoms with Gasteiger partial charge in [-0.15, -0.1) is 0 Å². The van der Waals surface area contributed by atoms with Crippen molar-refractivity contribution < 1.29 is 14.4 Å². The number of carbonyl (C=O) groups is 2. The topological polar surface area (TPSA) is 97.0 Å². The minimum absolute atomic E-state index is 0.0200. The lowest BCUT2D eigenvalue weighted by atomic mass is 10.1. The van der Waals surface area contributed by atoms with E-state index in [1.54, 1.807) is 17.9 Å². The summed E-state index contributed by atoms with van der Waals surface area (Å²) in [6.45, 7) is 2.00. The SMILES string of the molecule is CC(=O)N1CCc2cc(NC(=O)CO/N=C(\N)CCc3ccccc3)ccc21. The molecule has 7 heteroatoms. The van der Waals surface area contributed by atoms with E-state index in [1.807, 2.05) is 42.5 Å². The van der Waals surface area contributed by atoms with Crippen molar-refractivity contribution in [3.63, 3.8) is 0 Å². The van der Waals surface area contributed by atoms with E-state index >= 15 is 0 Å². The zero-order valence-corrected chi connectivity index (χ0v) is 15.9. The number of benzene rings is 2. The lowest BCUT2D eigenvalue weighted by Gasteiger charge is -2.15. The fourth-order valence-corrected chi connectivity index (χ4v) is 3.14. The second-order valence-corrected chi connectivity index (χ2v) is 6.65. The highest BCUT2D eigenvalue weighted by Gasteiger charge is 2.22. The van der Waals surface area contributed by atoms with Gasteiger partial charge in [-0.25, -0.2) is 0 Å². The first-order valence-corrected chi connectivity index (χ1v) is 9.22. The third kappa shape index (κ3) is 5.09. The molecule has 2 aromatic rings.